The van der Waals surface area contributed by atoms with Gasteiger partial charge in [-0.15, -0.1) is 11.3 Å². The largest absolute Gasteiger partial charge is 0.310 e. The smallest absolute Gasteiger partial charge is 0.164 e. The fourth-order valence-corrected chi connectivity index (χ4v) is 18.2. The molecule has 0 aliphatic carbocycles. The van der Waals surface area contributed by atoms with Crippen LogP contribution >= 0.6 is 11.3 Å². The minimum atomic E-state index is 0.626. The standard InChI is InChI=1S/C57H38N6.C51H33N5S/c1-4-17-39(18-5-1)55-58-56(40-19-6-2-7-20-40)60-57(59-55)41-31-33-44(34-32-41)63-51-28-15-12-25-48(51)54-52(29-16-30-53(54)63)61(42-21-8-3-9-22-42)43-35-37-45(38-36-43)62-49-26-13-10-23-46(49)47-24-11-14-27-50(47)62;1-4-15-34(16-5-1)49-52-50(35-17-6-2-7-18-35)54-51(53-49)36-27-29-38(30-28-36)56-43-23-12-10-22-41(43)48-44(24-14-25-45(48)56)55(37-19-8-3-9-20-37)39-31-32-47-42(33-39)40-21-11-13-26-46(40)57-47/h1-38H;1-33H. The van der Waals surface area contributed by atoms with Crippen molar-refractivity contribution in [3.05, 3.63) is 431 Å². The first-order valence-corrected chi connectivity index (χ1v) is 41.1. The fraction of sp³-hybridized carbons (Fsp3) is 0. The number of nitrogens with zero attached hydrogens (tertiary/aromatic N) is 11. The molecule has 23 rings (SSSR count). The molecule has 23 aromatic rings. The molecular weight excluding hydrogens is 1480 g/mol. The second-order valence-corrected chi connectivity index (χ2v) is 30.8. The van der Waals surface area contributed by atoms with Crippen molar-refractivity contribution < 1.29 is 0 Å². The highest BCUT2D eigenvalue weighted by atomic mass is 32.1. The van der Waals surface area contributed by atoms with E-state index in [-0.39, 0.29) is 0 Å². The highest BCUT2D eigenvalue weighted by molar-refractivity contribution is 7.25. The van der Waals surface area contributed by atoms with E-state index in [1.807, 2.05) is 133 Å². The second kappa shape index (κ2) is 30.3. The van der Waals surface area contributed by atoms with Crippen LogP contribution in [0.1, 0.15) is 0 Å². The molecule has 0 radical (unpaired) electrons. The molecule has 0 atom stereocenters. The quantitative estimate of drug-likeness (QED) is 0.100. The molecule has 0 fully saturated rings. The van der Waals surface area contributed by atoms with Crippen molar-refractivity contribution in [1.82, 2.24) is 43.6 Å². The maximum atomic E-state index is 4.99. The van der Waals surface area contributed by atoms with Crippen LogP contribution in [-0.2, 0) is 0 Å². The highest BCUT2D eigenvalue weighted by Gasteiger charge is 2.26. The van der Waals surface area contributed by atoms with Crippen molar-refractivity contribution >= 4 is 131 Å². The molecule has 0 aliphatic heterocycles. The van der Waals surface area contributed by atoms with Gasteiger partial charge in [-0.3, -0.25) is 0 Å². The summed E-state index contributed by atoms with van der Waals surface area (Å²) >= 11 is 1.84. The van der Waals surface area contributed by atoms with E-state index in [0.717, 1.165) is 107 Å². The fourth-order valence-electron chi connectivity index (χ4n) is 17.1. The van der Waals surface area contributed by atoms with E-state index in [9.17, 15) is 0 Å². The van der Waals surface area contributed by atoms with E-state index in [1.54, 1.807) is 0 Å². The van der Waals surface area contributed by atoms with Gasteiger partial charge in [0.25, 0.3) is 0 Å². The maximum absolute atomic E-state index is 4.99. The summed E-state index contributed by atoms with van der Waals surface area (Å²) in [7, 11) is 0. The molecule has 0 saturated heterocycles. The first-order valence-electron chi connectivity index (χ1n) is 40.2. The van der Waals surface area contributed by atoms with Crippen molar-refractivity contribution in [2.45, 2.75) is 0 Å². The molecular formula is C108H71N11S. The van der Waals surface area contributed by atoms with Crippen LogP contribution in [0.25, 0.3) is 171 Å². The lowest BCUT2D eigenvalue weighted by atomic mass is 10.1. The predicted molar refractivity (Wildman–Crippen MR) is 498 cm³/mol. The lowest BCUT2D eigenvalue weighted by molar-refractivity contribution is 1.07. The van der Waals surface area contributed by atoms with E-state index in [1.165, 1.54) is 63.5 Å². The van der Waals surface area contributed by atoms with Crippen LogP contribution in [0.2, 0.25) is 0 Å². The number of aromatic nitrogens is 9. The summed E-state index contributed by atoms with van der Waals surface area (Å²) in [5.74, 6) is 3.83. The van der Waals surface area contributed by atoms with Crippen LogP contribution in [-0.4, -0.2) is 43.6 Å². The lowest BCUT2D eigenvalue weighted by Crippen LogP contribution is -2.10. The third-order valence-electron chi connectivity index (χ3n) is 22.6. The van der Waals surface area contributed by atoms with Crippen LogP contribution in [0.3, 0.4) is 0 Å². The summed E-state index contributed by atoms with van der Waals surface area (Å²) in [6, 6.07) is 152. The normalized spacial score (nSPS) is 11.5. The molecule has 0 unspecified atom stereocenters. The summed E-state index contributed by atoms with van der Waals surface area (Å²) in [5, 5.41) is 9.78. The van der Waals surface area contributed by atoms with Crippen LogP contribution < -0.4 is 9.80 Å². The Hall–Kier alpha value is -16.0. The predicted octanol–water partition coefficient (Wildman–Crippen LogP) is 28.3. The summed E-state index contributed by atoms with van der Waals surface area (Å²) in [4.78, 5) is 34.5. The maximum Gasteiger partial charge on any atom is 0.164 e. The molecule has 0 spiro atoms. The van der Waals surface area contributed by atoms with E-state index >= 15 is 0 Å². The molecule has 0 aliphatic rings. The Labute approximate surface area is 695 Å². The molecule has 6 heterocycles. The van der Waals surface area contributed by atoms with Gasteiger partial charge < -0.3 is 23.5 Å². The van der Waals surface area contributed by atoms with Gasteiger partial charge in [0.15, 0.2) is 34.9 Å². The van der Waals surface area contributed by atoms with Crippen LogP contribution in [0, 0.1) is 0 Å². The summed E-state index contributed by atoms with van der Waals surface area (Å²) in [6.07, 6.45) is 0. The van der Waals surface area contributed by atoms with Gasteiger partial charge in [-0.1, -0.05) is 261 Å². The minimum Gasteiger partial charge on any atom is -0.310 e. The van der Waals surface area contributed by atoms with Crippen LogP contribution in [0.4, 0.5) is 34.1 Å². The third kappa shape index (κ3) is 12.7. The van der Waals surface area contributed by atoms with Gasteiger partial charge in [-0.2, -0.15) is 0 Å². The highest BCUT2D eigenvalue weighted by Crippen LogP contribution is 2.48. The van der Waals surface area contributed by atoms with Gasteiger partial charge in [-0.25, -0.2) is 29.9 Å². The number of fused-ring (bicyclic) bond motifs is 12. The Balaban J connectivity index is 0.000000145. The molecule has 0 bridgehead atoms. The molecule has 0 saturated carbocycles. The van der Waals surface area contributed by atoms with E-state index < -0.39 is 0 Å². The van der Waals surface area contributed by atoms with Gasteiger partial charge >= 0.3 is 0 Å². The molecule has 120 heavy (non-hydrogen) atoms. The van der Waals surface area contributed by atoms with Gasteiger partial charge in [0.05, 0.1) is 44.5 Å². The number of anilines is 6. The Bertz CT molecular complexity index is 7580. The first kappa shape index (κ1) is 70.6. The third-order valence-corrected chi connectivity index (χ3v) is 23.7. The van der Waals surface area contributed by atoms with E-state index in [4.69, 9.17) is 29.9 Å². The number of hydrogen-bond donors (Lipinski definition) is 0. The molecule has 12 heteroatoms. The Morgan fingerprint density at radius 2 is 0.450 bits per heavy atom. The van der Waals surface area contributed by atoms with E-state index in [2.05, 4.69) is 333 Å². The van der Waals surface area contributed by atoms with Gasteiger partial charge in [0.1, 0.15) is 0 Å². The molecule has 0 amide bonds. The number of thiophene rings is 1. The molecule has 11 nitrogen and oxygen atoms in total. The summed E-state index contributed by atoms with van der Waals surface area (Å²) in [6.45, 7) is 0. The monoisotopic (exact) mass is 1550 g/mol. The molecule has 564 valence electrons. The number of para-hydroxylation sites is 6. The van der Waals surface area contributed by atoms with Gasteiger partial charge in [0.2, 0.25) is 0 Å². The lowest BCUT2D eigenvalue weighted by Gasteiger charge is -2.27. The van der Waals surface area contributed by atoms with Crippen LogP contribution in [0.15, 0.2) is 431 Å². The molecule has 6 aromatic heterocycles. The second-order valence-electron chi connectivity index (χ2n) is 29.7. The zero-order valence-electron chi connectivity index (χ0n) is 64.8. The zero-order valence-corrected chi connectivity index (χ0v) is 65.6. The SMILES string of the molecule is c1ccc(-c2nc(-c3ccccc3)nc(-c3ccc(-n4c5ccccc5c5c(N(c6ccccc6)c6ccc(-n7c8ccccc8c8ccccc87)cc6)cccc54)cc3)n2)cc1.c1ccc(-c2nc(-c3ccccc3)nc(-c3ccc(-n4c5ccccc5c5c(N(c6ccccc6)c6ccc7sc8ccccc8c7c6)cccc54)cc3)n2)cc1. The average Bonchev–Trinajstić information content (AvgIpc) is 1.58. The first-order chi connectivity index (χ1) is 59.5. The molecule has 17 aromatic carbocycles. The topological polar surface area (TPSA) is 98.6 Å². The summed E-state index contributed by atoms with van der Waals surface area (Å²) in [5.41, 5.74) is 22.3. The van der Waals surface area contributed by atoms with Crippen molar-refractivity contribution in [2.24, 2.45) is 0 Å². The van der Waals surface area contributed by atoms with E-state index in [0.29, 0.717) is 34.9 Å². The minimum absolute atomic E-state index is 0.626. The number of benzene rings is 17. The molecule has 0 N–H and O–H groups in total. The summed E-state index contributed by atoms with van der Waals surface area (Å²) < 4.78 is 9.69. The van der Waals surface area contributed by atoms with Crippen molar-refractivity contribution in [3.63, 3.8) is 0 Å². The van der Waals surface area contributed by atoms with Gasteiger partial charge in [0, 0.05) is 126 Å². The Kier molecular flexibility index (Phi) is 17.8. The average molecular weight is 1550 g/mol. The van der Waals surface area contributed by atoms with Crippen LogP contribution in [0.5, 0.6) is 0 Å². The number of hydrogen-bond acceptors (Lipinski definition) is 9. The van der Waals surface area contributed by atoms with Gasteiger partial charge in [-0.05, 0) is 170 Å². The zero-order chi connectivity index (χ0) is 79.4. The van der Waals surface area contributed by atoms with Crippen molar-refractivity contribution in [1.29, 1.82) is 0 Å². The Morgan fingerprint density at radius 1 is 0.183 bits per heavy atom. The van der Waals surface area contributed by atoms with Crippen molar-refractivity contribution in [3.8, 4) is 85.4 Å². The number of rotatable bonds is 15. The van der Waals surface area contributed by atoms with Crippen molar-refractivity contribution in [2.75, 3.05) is 9.80 Å². The Morgan fingerprint density at radius 3 is 0.842 bits per heavy atom.